The third kappa shape index (κ3) is 5.15. The zero-order valence-corrected chi connectivity index (χ0v) is 22.1. The maximum Gasteiger partial charge on any atom is 0.292 e. The average molecular weight is 538 g/mol. The van der Waals surface area contributed by atoms with Gasteiger partial charge in [-0.3, -0.25) is 10.1 Å². The van der Waals surface area contributed by atoms with Crippen LogP contribution < -0.4 is 10.2 Å². The Labute approximate surface area is 219 Å². The smallest absolute Gasteiger partial charge is 0.292 e. The first-order chi connectivity index (χ1) is 17.7. The zero-order chi connectivity index (χ0) is 26.2. The fourth-order valence-electron chi connectivity index (χ4n) is 4.57. The summed E-state index contributed by atoms with van der Waals surface area (Å²) in [6.45, 7) is 5.44. The van der Waals surface area contributed by atoms with Crippen molar-refractivity contribution in [2.75, 3.05) is 36.4 Å². The Morgan fingerprint density at radius 3 is 2.46 bits per heavy atom. The molecule has 5 rings (SSSR count). The van der Waals surface area contributed by atoms with Crippen LogP contribution in [0.15, 0.2) is 71.6 Å². The molecule has 4 aromatic rings. The van der Waals surface area contributed by atoms with E-state index >= 15 is 0 Å². The second-order valence-electron chi connectivity index (χ2n) is 8.99. The molecule has 0 spiro atoms. The molecule has 2 heterocycles. The van der Waals surface area contributed by atoms with E-state index in [0.717, 1.165) is 21.0 Å². The molecule has 1 fully saturated rings. The van der Waals surface area contributed by atoms with E-state index in [0.29, 0.717) is 37.4 Å². The van der Waals surface area contributed by atoms with Crippen LogP contribution >= 0.6 is 11.3 Å². The largest absolute Gasteiger partial charge is 0.373 e. The Balaban J connectivity index is 1.32. The van der Waals surface area contributed by atoms with Crippen LogP contribution in [0.25, 0.3) is 10.2 Å². The van der Waals surface area contributed by atoms with Crippen LogP contribution in [-0.2, 0) is 10.0 Å². The van der Waals surface area contributed by atoms with Gasteiger partial charge >= 0.3 is 0 Å². The van der Waals surface area contributed by atoms with Gasteiger partial charge in [-0.15, -0.1) is 11.3 Å². The third-order valence-electron chi connectivity index (χ3n) is 6.56. The number of thiazole rings is 1. The van der Waals surface area contributed by atoms with Gasteiger partial charge in [0.05, 0.1) is 25.0 Å². The monoisotopic (exact) mass is 537 g/mol. The number of benzene rings is 3. The molecule has 1 aliphatic rings. The SMILES string of the molecule is Cc1nc2cc(S(=O)(=O)N3CCN(c4ccc([N+](=O)[O-])c(N[C@@H](C)c5ccccc5)c4)CC3)ccc2s1. The minimum absolute atomic E-state index is 0.000383. The van der Waals surface area contributed by atoms with E-state index in [-0.39, 0.29) is 16.6 Å². The van der Waals surface area contributed by atoms with Gasteiger partial charge in [-0.25, -0.2) is 13.4 Å². The fraction of sp³-hybridized carbons (Fsp3) is 0.269. The minimum atomic E-state index is -3.65. The molecule has 0 radical (unpaired) electrons. The molecule has 0 unspecified atom stereocenters. The molecule has 0 saturated carbocycles. The van der Waals surface area contributed by atoms with Crippen molar-refractivity contribution < 1.29 is 13.3 Å². The summed E-state index contributed by atoms with van der Waals surface area (Å²) < 4.78 is 29.1. The normalized spacial score (nSPS) is 15.6. The van der Waals surface area contributed by atoms with Gasteiger partial charge in [-0.05, 0) is 49.7 Å². The third-order valence-corrected chi connectivity index (χ3v) is 9.40. The van der Waals surface area contributed by atoms with Crippen molar-refractivity contribution in [3.8, 4) is 0 Å². The summed E-state index contributed by atoms with van der Waals surface area (Å²) in [6.07, 6.45) is 0. The molecular formula is C26H27N5O4S2. The van der Waals surface area contributed by atoms with Crippen molar-refractivity contribution in [3.05, 3.63) is 87.4 Å². The lowest BCUT2D eigenvalue weighted by Crippen LogP contribution is -2.48. The molecular weight excluding hydrogens is 510 g/mol. The highest BCUT2D eigenvalue weighted by Crippen LogP contribution is 2.33. The first kappa shape index (κ1) is 25.1. The van der Waals surface area contributed by atoms with Gasteiger partial charge in [0.25, 0.3) is 5.69 Å². The first-order valence-electron chi connectivity index (χ1n) is 11.9. The lowest BCUT2D eigenvalue weighted by atomic mass is 10.1. The standard InChI is InChI=1S/C26H27N5O4S2/c1-18(20-6-4-3-5-7-20)27-23-16-21(8-10-25(23)31(32)33)29-12-14-30(15-13-29)37(34,35)22-9-11-26-24(17-22)28-19(2)36-26/h3-11,16-18,27H,12-15H2,1-2H3/t18-/m0/s1. The van der Waals surface area contributed by atoms with Gasteiger partial charge in [0.15, 0.2) is 0 Å². The number of aromatic nitrogens is 1. The fourth-order valence-corrected chi connectivity index (χ4v) is 6.82. The number of nitrogens with one attached hydrogen (secondary N) is 1. The lowest BCUT2D eigenvalue weighted by Gasteiger charge is -2.35. The minimum Gasteiger partial charge on any atom is -0.373 e. The van der Waals surface area contributed by atoms with E-state index in [1.807, 2.05) is 50.2 Å². The van der Waals surface area contributed by atoms with E-state index < -0.39 is 14.9 Å². The molecule has 0 amide bonds. The Hall–Kier alpha value is -3.54. The van der Waals surface area contributed by atoms with Crippen molar-refractivity contribution in [3.63, 3.8) is 0 Å². The van der Waals surface area contributed by atoms with Crippen LogP contribution in [0.1, 0.15) is 23.5 Å². The number of aryl methyl sites for hydroxylation is 1. The molecule has 192 valence electrons. The van der Waals surface area contributed by atoms with Crippen molar-refractivity contribution in [2.45, 2.75) is 24.8 Å². The highest BCUT2D eigenvalue weighted by molar-refractivity contribution is 7.89. The summed E-state index contributed by atoms with van der Waals surface area (Å²) in [7, 11) is -3.65. The topological polar surface area (TPSA) is 109 Å². The zero-order valence-electron chi connectivity index (χ0n) is 20.5. The van der Waals surface area contributed by atoms with E-state index in [2.05, 4.69) is 15.2 Å². The summed E-state index contributed by atoms with van der Waals surface area (Å²) in [6, 6.07) is 19.7. The van der Waals surface area contributed by atoms with Gasteiger partial charge < -0.3 is 10.2 Å². The molecule has 1 aromatic heterocycles. The summed E-state index contributed by atoms with van der Waals surface area (Å²) in [5, 5.41) is 15.8. The number of nitrogens with zero attached hydrogens (tertiary/aromatic N) is 4. The molecule has 1 N–H and O–H groups in total. The lowest BCUT2D eigenvalue weighted by molar-refractivity contribution is -0.384. The van der Waals surface area contributed by atoms with Crippen molar-refractivity contribution in [1.29, 1.82) is 0 Å². The molecule has 1 aliphatic heterocycles. The molecule has 1 atom stereocenters. The molecule has 9 nitrogen and oxygen atoms in total. The first-order valence-corrected chi connectivity index (χ1v) is 14.2. The molecule has 11 heteroatoms. The summed E-state index contributed by atoms with van der Waals surface area (Å²) in [5.74, 6) is 0. The molecule has 0 aliphatic carbocycles. The Kier molecular flexibility index (Phi) is 6.84. The van der Waals surface area contributed by atoms with Crippen molar-refractivity contribution >= 4 is 48.6 Å². The van der Waals surface area contributed by atoms with E-state index in [1.54, 1.807) is 24.3 Å². The number of nitro groups is 1. The molecule has 3 aromatic carbocycles. The van der Waals surface area contributed by atoms with Crippen LogP contribution in [0.4, 0.5) is 17.1 Å². The summed E-state index contributed by atoms with van der Waals surface area (Å²) in [4.78, 5) is 18.0. The van der Waals surface area contributed by atoms with Crippen LogP contribution in [0.5, 0.6) is 0 Å². The Morgan fingerprint density at radius 2 is 1.76 bits per heavy atom. The van der Waals surface area contributed by atoms with Crippen LogP contribution in [0, 0.1) is 17.0 Å². The quantitative estimate of drug-likeness (QED) is 0.255. The van der Waals surface area contributed by atoms with Gasteiger partial charge in [0, 0.05) is 44.0 Å². The van der Waals surface area contributed by atoms with Crippen LogP contribution in [-0.4, -0.2) is 48.8 Å². The molecule has 37 heavy (non-hydrogen) atoms. The highest BCUT2D eigenvalue weighted by Gasteiger charge is 2.29. The van der Waals surface area contributed by atoms with Gasteiger partial charge in [0.1, 0.15) is 5.69 Å². The number of sulfonamides is 1. The second kappa shape index (κ2) is 10.1. The predicted molar refractivity (Wildman–Crippen MR) is 147 cm³/mol. The van der Waals surface area contributed by atoms with Crippen LogP contribution in [0.2, 0.25) is 0 Å². The number of fused-ring (bicyclic) bond motifs is 1. The number of anilines is 2. The van der Waals surface area contributed by atoms with Crippen LogP contribution in [0.3, 0.4) is 0 Å². The van der Waals surface area contributed by atoms with Crippen molar-refractivity contribution in [1.82, 2.24) is 9.29 Å². The number of hydrogen-bond acceptors (Lipinski definition) is 8. The highest BCUT2D eigenvalue weighted by atomic mass is 32.2. The number of rotatable bonds is 7. The van der Waals surface area contributed by atoms with Gasteiger partial charge in [-0.2, -0.15) is 4.31 Å². The maximum atomic E-state index is 13.3. The van der Waals surface area contributed by atoms with E-state index in [9.17, 15) is 18.5 Å². The Morgan fingerprint density at radius 1 is 1.03 bits per heavy atom. The predicted octanol–water partition coefficient (Wildman–Crippen LogP) is 5.20. The maximum absolute atomic E-state index is 13.3. The van der Waals surface area contributed by atoms with E-state index in [4.69, 9.17) is 0 Å². The van der Waals surface area contributed by atoms with Crippen molar-refractivity contribution in [2.24, 2.45) is 0 Å². The summed E-state index contributed by atoms with van der Waals surface area (Å²) in [5.41, 5.74) is 2.95. The molecule has 1 saturated heterocycles. The van der Waals surface area contributed by atoms with Gasteiger partial charge in [-0.1, -0.05) is 30.3 Å². The number of nitro benzene ring substituents is 1. The summed E-state index contributed by atoms with van der Waals surface area (Å²) >= 11 is 1.54. The van der Waals surface area contributed by atoms with E-state index in [1.165, 1.54) is 21.7 Å². The average Bonchev–Trinajstić information content (AvgIpc) is 3.28. The molecule has 0 bridgehead atoms. The Bertz CT molecular complexity index is 1550. The second-order valence-corrected chi connectivity index (χ2v) is 12.2. The number of hydrogen-bond donors (Lipinski definition) is 1. The number of piperazine rings is 1. The van der Waals surface area contributed by atoms with Gasteiger partial charge in [0.2, 0.25) is 10.0 Å².